The SMILES string of the molecule is Cc1[nH]c2ccc(OCC(C)C)cc2c(=O)c1C[NH+]1CCCC(C)C1. The predicted octanol–water partition coefficient (Wildman–Crippen LogP) is 2.69. The normalized spacial score (nSPS) is 21.0. The molecule has 2 N–H and O–H groups in total. The summed E-state index contributed by atoms with van der Waals surface area (Å²) in [6.45, 7) is 12.4. The Hall–Kier alpha value is -1.81. The van der Waals surface area contributed by atoms with Crippen LogP contribution >= 0.6 is 0 Å². The molecule has 1 aliphatic rings. The quantitative estimate of drug-likeness (QED) is 0.877. The van der Waals surface area contributed by atoms with Crippen LogP contribution in [0.2, 0.25) is 0 Å². The Kier molecular flexibility index (Phi) is 5.48. The summed E-state index contributed by atoms with van der Waals surface area (Å²) in [6, 6.07) is 5.80. The van der Waals surface area contributed by atoms with Crippen molar-refractivity contribution in [2.24, 2.45) is 11.8 Å². The number of aromatic amines is 1. The van der Waals surface area contributed by atoms with Crippen LogP contribution in [0.4, 0.5) is 0 Å². The molecule has 0 saturated carbocycles. The fraction of sp³-hybridized carbons (Fsp3) is 0.571. The molecule has 2 aromatic rings. The van der Waals surface area contributed by atoms with Crippen molar-refractivity contribution < 1.29 is 9.64 Å². The van der Waals surface area contributed by atoms with Gasteiger partial charge in [-0.2, -0.15) is 0 Å². The van der Waals surface area contributed by atoms with E-state index in [1.54, 1.807) is 0 Å². The lowest BCUT2D eigenvalue weighted by Gasteiger charge is -2.28. The van der Waals surface area contributed by atoms with Gasteiger partial charge in [-0.05, 0) is 43.9 Å². The number of benzene rings is 1. The zero-order valence-corrected chi connectivity index (χ0v) is 15.9. The topological polar surface area (TPSA) is 46.5 Å². The van der Waals surface area contributed by atoms with Gasteiger partial charge >= 0.3 is 0 Å². The first-order valence-electron chi connectivity index (χ1n) is 9.56. The van der Waals surface area contributed by atoms with E-state index in [9.17, 15) is 4.79 Å². The van der Waals surface area contributed by atoms with Gasteiger partial charge < -0.3 is 14.6 Å². The van der Waals surface area contributed by atoms with Crippen molar-refractivity contribution in [3.63, 3.8) is 0 Å². The summed E-state index contributed by atoms with van der Waals surface area (Å²) < 4.78 is 5.81. The highest BCUT2D eigenvalue weighted by molar-refractivity contribution is 5.81. The number of fused-ring (bicyclic) bond motifs is 1. The van der Waals surface area contributed by atoms with Gasteiger partial charge in [0.2, 0.25) is 0 Å². The Bertz CT molecular complexity index is 794. The van der Waals surface area contributed by atoms with Crippen molar-refractivity contribution in [2.45, 2.75) is 47.1 Å². The molecule has 4 heteroatoms. The molecule has 0 aliphatic carbocycles. The Morgan fingerprint density at radius 3 is 2.88 bits per heavy atom. The minimum Gasteiger partial charge on any atom is -0.493 e. The molecule has 0 radical (unpaired) electrons. The van der Waals surface area contributed by atoms with Gasteiger partial charge in [0.15, 0.2) is 5.43 Å². The van der Waals surface area contributed by atoms with Crippen LogP contribution in [0.15, 0.2) is 23.0 Å². The van der Waals surface area contributed by atoms with E-state index in [1.165, 1.54) is 24.3 Å². The zero-order chi connectivity index (χ0) is 18.0. The number of H-pyrrole nitrogens is 1. The molecule has 4 nitrogen and oxygen atoms in total. The highest BCUT2D eigenvalue weighted by atomic mass is 16.5. The van der Waals surface area contributed by atoms with E-state index in [0.717, 1.165) is 46.9 Å². The van der Waals surface area contributed by atoms with Gasteiger partial charge in [0, 0.05) is 22.5 Å². The molecule has 2 unspecified atom stereocenters. The summed E-state index contributed by atoms with van der Waals surface area (Å²) in [5, 5.41) is 0.742. The predicted molar refractivity (Wildman–Crippen MR) is 102 cm³/mol. The molecule has 3 rings (SSSR count). The second-order valence-electron chi connectivity index (χ2n) is 8.10. The zero-order valence-electron chi connectivity index (χ0n) is 15.9. The number of piperidine rings is 1. The van der Waals surface area contributed by atoms with Crippen LogP contribution in [0.3, 0.4) is 0 Å². The highest BCUT2D eigenvalue weighted by Gasteiger charge is 2.22. The maximum absolute atomic E-state index is 13.1. The first-order valence-corrected chi connectivity index (χ1v) is 9.56. The molecule has 1 fully saturated rings. The van der Waals surface area contributed by atoms with Crippen molar-refractivity contribution in [3.8, 4) is 5.75 Å². The molecule has 0 bridgehead atoms. The van der Waals surface area contributed by atoms with Crippen molar-refractivity contribution in [2.75, 3.05) is 19.7 Å². The molecular weight excluding hydrogens is 312 g/mol. The highest BCUT2D eigenvalue weighted by Crippen LogP contribution is 2.19. The fourth-order valence-corrected chi connectivity index (χ4v) is 3.80. The Morgan fingerprint density at radius 1 is 1.36 bits per heavy atom. The van der Waals surface area contributed by atoms with Gasteiger partial charge in [-0.1, -0.05) is 20.8 Å². The first-order chi connectivity index (χ1) is 11.9. The molecular formula is C21H31N2O2+. The standard InChI is InChI=1S/C21H30N2O2/c1-14(2)13-25-17-7-8-20-18(10-17)21(24)19(16(4)22-20)12-23-9-5-6-15(3)11-23/h7-8,10,14-15H,5-6,9,11-13H2,1-4H3,(H,22,24)/p+1. The maximum atomic E-state index is 13.1. The third-order valence-electron chi connectivity index (χ3n) is 5.16. The van der Waals surface area contributed by atoms with Crippen molar-refractivity contribution in [1.29, 1.82) is 0 Å². The lowest BCUT2D eigenvalue weighted by molar-refractivity contribution is -0.922. The van der Waals surface area contributed by atoms with Gasteiger partial charge in [-0.3, -0.25) is 4.79 Å². The summed E-state index contributed by atoms with van der Waals surface area (Å²) in [6.07, 6.45) is 2.57. The Labute approximate surface area is 150 Å². The summed E-state index contributed by atoms with van der Waals surface area (Å²) in [4.78, 5) is 18.1. The number of hydrogen-bond donors (Lipinski definition) is 2. The van der Waals surface area contributed by atoms with E-state index in [-0.39, 0.29) is 5.43 Å². The van der Waals surface area contributed by atoms with Crippen LogP contribution in [0.5, 0.6) is 5.75 Å². The number of hydrogen-bond acceptors (Lipinski definition) is 2. The van der Waals surface area contributed by atoms with Gasteiger partial charge in [-0.25, -0.2) is 0 Å². The Balaban J connectivity index is 1.91. The summed E-state index contributed by atoms with van der Waals surface area (Å²) in [5.41, 5.74) is 2.98. The van der Waals surface area contributed by atoms with Crippen LogP contribution < -0.4 is 15.1 Å². The molecule has 1 aliphatic heterocycles. The molecule has 2 atom stereocenters. The molecule has 1 saturated heterocycles. The summed E-state index contributed by atoms with van der Waals surface area (Å²) in [7, 11) is 0. The lowest BCUT2D eigenvalue weighted by Crippen LogP contribution is -3.12. The van der Waals surface area contributed by atoms with Crippen molar-refractivity contribution >= 4 is 10.9 Å². The largest absolute Gasteiger partial charge is 0.493 e. The number of quaternary nitrogens is 1. The first kappa shape index (κ1) is 18.0. The number of aromatic nitrogens is 1. The molecule has 1 aromatic heterocycles. The maximum Gasteiger partial charge on any atom is 0.198 e. The van der Waals surface area contributed by atoms with E-state index in [4.69, 9.17) is 4.74 Å². The monoisotopic (exact) mass is 343 g/mol. The average Bonchev–Trinajstić information content (AvgIpc) is 2.57. The van der Waals surface area contributed by atoms with Crippen LogP contribution in [0, 0.1) is 18.8 Å². The van der Waals surface area contributed by atoms with Gasteiger partial charge in [0.1, 0.15) is 12.3 Å². The summed E-state index contributed by atoms with van der Waals surface area (Å²) in [5.74, 6) is 1.99. The van der Waals surface area contributed by atoms with Gasteiger partial charge in [0.05, 0.1) is 25.3 Å². The molecule has 25 heavy (non-hydrogen) atoms. The summed E-state index contributed by atoms with van der Waals surface area (Å²) >= 11 is 0. The number of pyridine rings is 1. The Morgan fingerprint density at radius 2 is 2.16 bits per heavy atom. The molecule has 136 valence electrons. The molecule has 0 spiro atoms. The van der Waals surface area contributed by atoms with E-state index in [2.05, 4.69) is 25.8 Å². The van der Waals surface area contributed by atoms with Gasteiger partial charge in [-0.15, -0.1) is 0 Å². The molecule has 2 heterocycles. The number of likely N-dealkylation sites (tertiary alicyclic amines) is 1. The lowest BCUT2D eigenvalue weighted by atomic mass is 9.99. The van der Waals surface area contributed by atoms with Gasteiger partial charge in [0.25, 0.3) is 0 Å². The molecule has 1 aromatic carbocycles. The third kappa shape index (κ3) is 4.24. The van der Waals surface area contributed by atoms with Crippen LogP contribution in [0.1, 0.15) is 44.9 Å². The second-order valence-corrected chi connectivity index (χ2v) is 8.10. The third-order valence-corrected chi connectivity index (χ3v) is 5.16. The second kappa shape index (κ2) is 7.61. The smallest absolute Gasteiger partial charge is 0.198 e. The number of nitrogens with one attached hydrogen (secondary N) is 2. The minimum absolute atomic E-state index is 0.159. The number of ether oxygens (including phenoxy) is 1. The van der Waals surface area contributed by atoms with Crippen molar-refractivity contribution in [3.05, 3.63) is 39.7 Å². The van der Waals surface area contributed by atoms with E-state index >= 15 is 0 Å². The molecule has 0 amide bonds. The average molecular weight is 343 g/mol. The van der Waals surface area contributed by atoms with E-state index in [0.29, 0.717) is 12.5 Å². The fourth-order valence-electron chi connectivity index (χ4n) is 3.80. The van der Waals surface area contributed by atoms with E-state index in [1.807, 2.05) is 25.1 Å². The van der Waals surface area contributed by atoms with E-state index < -0.39 is 0 Å². The number of aryl methyl sites for hydroxylation is 1. The number of rotatable bonds is 5. The van der Waals surface area contributed by atoms with Crippen molar-refractivity contribution in [1.82, 2.24) is 4.98 Å². The minimum atomic E-state index is 0.159. The van der Waals surface area contributed by atoms with Crippen LogP contribution in [-0.2, 0) is 6.54 Å². The van der Waals surface area contributed by atoms with Crippen LogP contribution in [-0.4, -0.2) is 24.7 Å². The van der Waals surface area contributed by atoms with Crippen LogP contribution in [0.25, 0.3) is 10.9 Å².